The van der Waals surface area contributed by atoms with Crippen LogP contribution in [0.4, 0.5) is 35.1 Å². The molecule has 0 saturated carbocycles. The fourth-order valence-electron chi connectivity index (χ4n) is 0.620. The first kappa shape index (κ1) is 14.8. The monoisotopic (exact) mass is 262 g/mol. The molecule has 0 nitrogen and oxygen atoms in total. The molecule has 0 N–H and O–H groups in total. The summed E-state index contributed by atoms with van der Waals surface area (Å²) in [6.07, 6.45) is -13.6. The first-order valence-corrected chi connectivity index (χ1v) is 4.51. The van der Waals surface area contributed by atoms with Gasteiger partial charge in [0.1, 0.15) is 0 Å². The third kappa shape index (κ3) is 10.1. The van der Waals surface area contributed by atoms with Crippen LogP contribution in [0.15, 0.2) is 0 Å². The maximum absolute atomic E-state index is 12.4. The number of alkyl halides is 8. The van der Waals surface area contributed by atoms with Crippen LogP contribution in [0.25, 0.3) is 0 Å². The smallest absolute Gasteiger partial charge is 0.235 e. The van der Waals surface area contributed by atoms with Crippen molar-refractivity contribution in [3.05, 3.63) is 0 Å². The Morgan fingerprint density at radius 2 is 1.00 bits per heavy atom. The Morgan fingerprint density at radius 1 is 0.733 bits per heavy atom. The molecule has 2 unspecified atom stereocenters. The summed E-state index contributed by atoms with van der Waals surface area (Å²) in [4.78, 5) is 0. The Morgan fingerprint density at radius 3 is 1.20 bits per heavy atom. The molecule has 0 bridgehead atoms. The highest BCUT2D eigenvalue weighted by atomic mass is 32.2. The first-order valence-electron chi connectivity index (χ1n) is 3.57. The van der Waals surface area contributed by atoms with E-state index in [1.807, 2.05) is 0 Å². The number of hydrogen-bond acceptors (Lipinski definition) is 1. The molecule has 0 radical (unpaired) electrons. The summed E-state index contributed by atoms with van der Waals surface area (Å²) in [5.41, 5.74) is -5.44. The van der Waals surface area contributed by atoms with Crippen molar-refractivity contribution in [2.75, 3.05) is 0 Å². The van der Waals surface area contributed by atoms with Crippen molar-refractivity contribution in [3.63, 3.8) is 0 Å². The lowest BCUT2D eigenvalue weighted by atomic mass is 10.4. The molecule has 0 aliphatic carbocycles. The Labute approximate surface area is 84.0 Å². The highest BCUT2D eigenvalue weighted by molar-refractivity contribution is 8.00. The maximum atomic E-state index is 12.4. The van der Waals surface area contributed by atoms with E-state index in [0.717, 1.165) is 0 Å². The summed E-state index contributed by atoms with van der Waals surface area (Å²) < 4.78 is 93.7. The van der Waals surface area contributed by atoms with Crippen LogP contribution in [-0.2, 0) is 0 Å². The maximum Gasteiger partial charge on any atom is 0.392 e. The molecule has 0 aromatic rings. The SMILES string of the molecule is FC(CC(F)(F)F)SC(F)CC(F)(F)F. The zero-order valence-corrected chi connectivity index (χ0v) is 7.82. The quantitative estimate of drug-likeness (QED) is 0.684. The topological polar surface area (TPSA) is 0 Å². The van der Waals surface area contributed by atoms with Crippen LogP contribution in [0.2, 0.25) is 0 Å². The van der Waals surface area contributed by atoms with Crippen LogP contribution >= 0.6 is 11.8 Å². The van der Waals surface area contributed by atoms with E-state index in [1.54, 1.807) is 0 Å². The van der Waals surface area contributed by atoms with Crippen molar-refractivity contribution in [2.24, 2.45) is 0 Å². The van der Waals surface area contributed by atoms with E-state index in [0.29, 0.717) is 0 Å². The van der Waals surface area contributed by atoms with Gasteiger partial charge in [-0.25, -0.2) is 8.78 Å². The molecular weight excluding hydrogens is 256 g/mol. The van der Waals surface area contributed by atoms with Crippen LogP contribution < -0.4 is 0 Å². The van der Waals surface area contributed by atoms with Gasteiger partial charge in [-0.2, -0.15) is 26.3 Å². The molecule has 2 atom stereocenters. The van der Waals surface area contributed by atoms with Crippen LogP contribution in [-0.4, -0.2) is 23.4 Å². The summed E-state index contributed by atoms with van der Waals surface area (Å²) in [6, 6.07) is 0. The van der Waals surface area contributed by atoms with Gasteiger partial charge in [-0.15, -0.1) is 0 Å². The van der Waals surface area contributed by atoms with Gasteiger partial charge in [-0.3, -0.25) is 0 Å². The highest BCUT2D eigenvalue weighted by Crippen LogP contribution is 2.35. The molecular formula is C6H6F8S. The Kier molecular flexibility index (Phi) is 5.15. The zero-order valence-electron chi connectivity index (χ0n) is 7.00. The molecule has 0 spiro atoms. The average Bonchev–Trinajstić information content (AvgIpc) is 1.73. The number of thioether (sulfide) groups is 1. The summed E-state index contributed by atoms with van der Waals surface area (Å²) in [7, 11) is 0. The summed E-state index contributed by atoms with van der Waals surface area (Å²) >= 11 is -0.620. The first-order chi connectivity index (χ1) is 6.49. The van der Waals surface area contributed by atoms with Crippen molar-refractivity contribution in [1.29, 1.82) is 0 Å². The molecule has 0 heterocycles. The third-order valence-electron chi connectivity index (χ3n) is 1.08. The molecule has 15 heavy (non-hydrogen) atoms. The van der Waals surface area contributed by atoms with Gasteiger partial charge in [0.2, 0.25) is 0 Å². The highest BCUT2D eigenvalue weighted by Gasteiger charge is 2.37. The summed E-state index contributed by atoms with van der Waals surface area (Å²) in [6.45, 7) is 0. The fraction of sp³-hybridized carbons (Fsp3) is 1.00. The lowest BCUT2D eigenvalue weighted by molar-refractivity contribution is -0.140. The van der Waals surface area contributed by atoms with E-state index in [-0.39, 0.29) is 0 Å². The normalized spacial score (nSPS) is 17.6. The lowest BCUT2D eigenvalue weighted by Gasteiger charge is -2.14. The molecule has 0 aromatic carbocycles. The molecule has 0 rings (SSSR count). The average molecular weight is 262 g/mol. The molecule has 0 fully saturated rings. The van der Waals surface area contributed by atoms with Crippen molar-refractivity contribution in [1.82, 2.24) is 0 Å². The van der Waals surface area contributed by atoms with E-state index >= 15 is 0 Å². The van der Waals surface area contributed by atoms with Gasteiger partial charge in [0.25, 0.3) is 0 Å². The standard InChI is InChI=1S/C6H6F8S/c7-3(1-5(9,10)11)15-4(8)2-6(12,13)14/h3-4H,1-2H2. The van der Waals surface area contributed by atoms with E-state index in [1.165, 1.54) is 0 Å². The van der Waals surface area contributed by atoms with Crippen LogP contribution in [0, 0.1) is 0 Å². The lowest BCUT2D eigenvalue weighted by Crippen LogP contribution is -2.18. The van der Waals surface area contributed by atoms with Gasteiger partial charge >= 0.3 is 12.4 Å². The van der Waals surface area contributed by atoms with Gasteiger partial charge in [0.15, 0.2) is 11.0 Å². The Bertz CT molecular complexity index is 165. The van der Waals surface area contributed by atoms with E-state index in [9.17, 15) is 35.1 Å². The molecule has 0 aromatic heterocycles. The van der Waals surface area contributed by atoms with Crippen LogP contribution in [0.3, 0.4) is 0 Å². The number of rotatable bonds is 4. The fourth-order valence-corrected chi connectivity index (χ4v) is 1.51. The van der Waals surface area contributed by atoms with E-state index in [2.05, 4.69) is 0 Å². The largest absolute Gasteiger partial charge is 0.392 e. The molecule has 0 aliphatic heterocycles. The van der Waals surface area contributed by atoms with Crippen LogP contribution in [0.1, 0.15) is 12.8 Å². The second-order valence-corrected chi connectivity index (χ2v) is 3.89. The summed E-state index contributed by atoms with van der Waals surface area (Å²) in [5.74, 6) is 0. The minimum absolute atomic E-state index is 0.620. The number of halogens is 8. The second kappa shape index (κ2) is 5.22. The van der Waals surface area contributed by atoms with Gasteiger partial charge in [-0.05, 0) is 0 Å². The predicted octanol–water partition coefficient (Wildman–Crippen LogP) is 4.22. The number of hydrogen-bond donors (Lipinski definition) is 0. The van der Waals surface area contributed by atoms with Crippen molar-refractivity contribution in [3.8, 4) is 0 Å². The molecule has 9 heteroatoms. The van der Waals surface area contributed by atoms with Crippen molar-refractivity contribution >= 4 is 11.8 Å². The Hall–Kier alpha value is -0.210. The minimum atomic E-state index is -4.86. The van der Waals surface area contributed by atoms with E-state index < -0.39 is 48.0 Å². The molecule has 0 amide bonds. The molecule has 0 saturated heterocycles. The Balaban J connectivity index is 3.92. The van der Waals surface area contributed by atoms with E-state index in [4.69, 9.17) is 0 Å². The third-order valence-corrected chi connectivity index (χ3v) is 2.00. The second-order valence-electron chi connectivity index (χ2n) is 2.59. The van der Waals surface area contributed by atoms with Gasteiger partial charge in [-0.1, -0.05) is 11.8 Å². The van der Waals surface area contributed by atoms with Crippen molar-refractivity contribution in [2.45, 2.75) is 36.2 Å². The molecule has 0 aliphatic rings. The summed E-state index contributed by atoms with van der Waals surface area (Å²) in [5, 5.41) is 0. The van der Waals surface area contributed by atoms with Gasteiger partial charge in [0.05, 0.1) is 12.8 Å². The van der Waals surface area contributed by atoms with Crippen LogP contribution in [0.5, 0.6) is 0 Å². The van der Waals surface area contributed by atoms with Gasteiger partial charge < -0.3 is 0 Å². The van der Waals surface area contributed by atoms with Gasteiger partial charge in [0, 0.05) is 0 Å². The zero-order chi connectivity index (χ0) is 12.3. The minimum Gasteiger partial charge on any atom is -0.235 e. The van der Waals surface area contributed by atoms with Crippen molar-refractivity contribution < 1.29 is 35.1 Å². The predicted molar refractivity (Wildman–Crippen MR) is 38.7 cm³/mol. The molecule has 92 valence electrons.